The summed E-state index contributed by atoms with van der Waals surface area (Å²) in [4.78, 5) is 14.4. The van der Waals surface area contributed by atoms with E-state index >= 15 is 0 Å². The Balaban J connectivity index is 1.72. The van der Waals surface area contributed by atoms with Crippen LogP contribution >= 0.6 is 0 Å². The van der Waals surface area contributed by atoms with Crippen molar-refractivity contribution in [2.24, 2.45) is 5.92 Å². The Hall–Kier alpha value is -1.29. The van der Waals surface area contributed by atoms with Crippen LogP contribution in [0.4, 0.5) is 4.79 Å². The highest BCUT2D eigenvalue weighted by Crippen LogP contribution is 2.26. The number of carbonyl (C=O) groups excluding carboxylic acids is 1. The first-order valence-electron chi connectivity index (χ1n) is 6.99. The summed E-state index contributed by atoms with van der Waals surface area (Å²) in [5, 5.41) is 6.46. The maximum atomic E-state index is 12.3. The van der Waals surface area contributed by atoms with E-state index in [2.05, 4.69) is 27.7 Å². The van der Waals surface area contributed by atoms with Crippen LogP contribution in [-0.2, 0) is 0 Å². The molecular formula is C14H21N3O. The molecule has 3 rings (SSSR count). The average Bonchev–Trinajstić information content (AvgIpc) is 2.58. The van der Waals surface area contributed by atoms with Gasteiger partial charge < -0.3 is 15.5 Å². The topological polar surface area (TPSA) is 44.4 Å². The van der Waals surface area contributed by atoms with Crippen molar-refractivity contribution in [2.45, 2.75) is 31.7 Å². The average molecular weight is 247 g/mol. The molecule has 0 aromatic carbocycles. The van der Waals surface area contributed by atoms with E-state index in [9.17, 15) is 4.79 Å². The van der Waals surface area contributed by atoms with Crippen LogP contribution in [0, 0.1) is 5.92 Å². The van der Waals surface area contributed by atoms with Crippen molar-refractivity contribution in [1.29, 1.82) is 0 Å². The second kappa shape index (κ2) is 5.14. The van der Waals surface area contributed by atoms with Gasteiger partial charge in [0.2, 0.25) is 0 Å². The lowest BCUT2D eigenvalue weighted by atomic mass is 9.93. The number of nitrogens with zero attached hydrogens (tertiary/aromatic N) is 1. The Morgan fingerprint density at radius 3 is 2.89 bits per heavy atom. The van der Waals surface area contributed by atoms with Gasteiger partial charge in [-0.25, -0.2) is 4.79 Å². The van der Waals surface area contributed by atoms with Crippen LogP contribution in [0.25, 0.3) is 0 Å². The molecule has 0 bridgehead atoms. The van der Waals surface area contributed by atoms with E-state index in [4.69, 9.17) is 0 Å². The zero-order valence-corrected chi connectivity index (χ0v) is 10.7. The SMILES string of the molecule is O=C1NC2=CC=CCC2CCN1C1CCNCC1. The summed E-state index contributed by atoms with van der Waals surface area (Å²) in [6, 6.07) is 0.519. The standard InChI is InChI=1S/C14H21N3O/c18-14-16-13-4-2-1-3-11(13)7-10-17(14)12-5-8-15-9-6-12/h1-2,4,11-12,15H,3,5-10H2,(H,16,18). The smallest absolute Gasteiger partial charge is 0.321 e. The van der Waals surface area contributed by atoms with Crippen LogP contribution < -0.4 is 10.6 Å². The second-order valence-corrected chi connectivity index (χ2v) is 5.38. The number of rotatable bonds is 1. The van der Waals surface area contributed by atoms with Crippen molar-refractivity contribution in [1.82, 2.24) is 15.5 Å². The fourth-order valence-corrected chi connectivity index (χ4v) is 3.15. The van der Waals surface area contributed by atoms with Crippen LogP contribution in [-0.4, -0.2) is 36.6 Å². The molecule has 4 heteroatoms. The molecule has 0 radical (unpaired) electrons. The number of amides is 2. The molecular weight excluding hydrogens is 226 g/mol. The highest BCUT2D eigenvalue weighted by atomic mass is 16.2. The molecule has 98 valence electrons. The quantitative estimate of drug-likeness (QED) is 0.739. The third-order valence-corrected chi connectivity index (χ3v) is 4.25. The van der Waals surface area contributed by atoms with Crippen molar-refractivity contribution < 1.29 is 4.79 Å². The van der Waals surface area contributed by atoms with Crippen LogP contribution in [0.5, 0.6) is 0 Å². The summed E-state index contributed by atoms with van der Waals surface area (Å²) >= 11 is 0. The predicted octanol–water partition coefficient (Wildman–Crippen LogP) is 1.61. The van der Waals surface area contributed by atoms with Gasteiger partial charge in [0.15, 0.2) is 0 Å². The summed E-state index contributed by atoms with van der Waals surface area (Å²) in [6.45, 7) is 2.95. The van der Waals surface area contributed by atoms with Crippen molar-refractivity contribution in [2.75, 3.05) is 19.6 Å². The lowest BCUT2D eigenvalue weighted by Crippen LogP contribution is -2.48. The fourth-order valence-electron chi connectivity index (χ4n) is 3.15. The number of piperidine rings is 1. The van der Waals surface area contributed by atoms with E-state index in [1.54, 1.807) is 0 Å². The maximum Gasteiger partial charge on any atom is 0.321 e. The molecule has 0 saturated carbocycles. The zero-order chi connectivity index (χ0) is 12.4. The zero-order valence-electron chi connectivity index (χ0n) is 10.7. The summed E-state index contributed by atoms with van der Waals surface area (Å²) in [6.07, 6.45) is 10.6. The molecule has 0 aromatic heterocycles. The van der Waals surface area contributed by atoms with E-state index in [0.29, 0.717) is 12.0 Å². The molecule has 1 unspecified atom stereocenters. The number of carbonyl (C=O) groups is 1. The van der Waals surface area contributed by atoms with Crippen molar-refractivity contribution in [3.05, 3.63) is 23.9 Å². The monoisotopic (exact) mass is 247 g/mol. The third kappa shape index (κ3) is 2.29. The summed E-state index contributed by atoms with van der Waals surface area (Å²) in [7, 11) is 0. The van der Waals surface area contributed by atoms with Crippen molar-refractivity contribution in [3.63, 3.8) is 0 Å². The number of hydrogen-bond acceptors (Lipinski definition) is 2. The number of fused-ring (bicyclic) bond motifs is 1. The van der Waals surface area contributed by atoms with Gasteiger partial charge in [0.1, 0.15) is 0 Å². The molecule has 0 spiro atoms. The lowest BCUT2D eigenvalue weighted by Gasteiger charge is -2.33. The number of hydrogen-bond donors (Lipinski definition) is 2. The Kier molecular flexibility index (Phi) is 3.37. The second-order valence-electron chi connectivity index (χ2n) is 5.38. The highest BCUT2D eigenvalue weighted by Gasteiger charge is 2.30. The number of urea groups is 1. The first kappa shape index (κ1) is 11.8. The normalized spacial score (nSPS) is 29.3. The summed E-state index contributed by atoms with van der Waals surface area (Å²) in [5.41, 5.74) is 1.11. The van der Waals surface area contributed by atoms with Gasteiger partial charge in [-0.3, -0.25) is 0 Å². The number of nitrogens with one attached hydrogen (secondary N) is 2. The van der Waals surface area contributed by atoms with Gasteiger partial charge in [0, 0.05) is 24.2 Å². The van der Waals surface area contributed by atoms with Crippen LogP contribution in [0.15, 0.2) is 23.9 Å². The van der Waals surface area contributed by atoms with Gasteiger partial charge in [-0.05, 0) is 44.8 Å². The third-order valence-electron chi connectivity index (χ3n) is 4.25. The highest BCUT2D eigenvalue weighted by molar-refractivity contribution is 5.77. The minimum Gasteiger partial charge on any atom is -0.321 e. The minimum absolute atomic E-state index is 0.103. The maximum absolute atomic E-state index is 12.3. The Morgan fingerprint density at radius 1 is 1.22 bits per heavy atom. The molecule has 2 heterocycles. The van der Waals surface area contributed by atoms with Crippen LogP contribution in [0.2, 0.25) is 0 Å². The molecule has 4 nitrogen and oxygen atoms in total. The largest absolute Gasteiger partial charge is 0.321 e. The van der Waals surface area contributed by atoms with Gasteiger partial charge in [-0.2, -0.15) is 0 Å². The van der Waals surface area contributed by atoms with Crippen molar-refractivity contribution >= 4 is 6.03 Å². The molecule has 2 aliphatic heterocycles. The molecule has 2 saturated heterocycles. The Labute approximate surface area is 108 Å². The van der Waals surface area contributed by atoms with Gasteiger partial charge in [-0.1, -0.05) is 12.2 Å². The van der Waals surface area contributed by atoms with E-state index in [0.717, 1.165) is 51.0 Å². The first-order chi connectivity index (χ1) is 8.84. The molecule has 18 heavy (non-hydrogen) atoms. The van der Waals surface area contributed by atoms with Crippen LogP contribution in [0.3, 0.4) is 0 Å². The molecule has 2 fully saturated rings. The summed E-state index contributed by atoms with van der Waals surface area (Å²) in [5.74, 6) is 0.505. The molecule has 1 aliphatic carbocycles. The molecule has 1 atom stereocenters. The molecule has 0 aromatic rings. The van der Waals surface area contributed by atoms with Crippen LogP contribution in [0.1, 0.15) is 25.7 Å². The van der Waals surface area contributed by atoms with Gasteiger partial charge >= 0.3 is 6.03 Å². The van der Waals surface area contributed by atoms with Crippen molar-refractivity contribution in [3.8, 4) is 0 Å². The van der Waals surface area contributed by atoms with Gasteiger partial charge in [0.25, 0.3) is 0 Å². The predicted molar refractivity (Wildman–Crippen MR) is 71.1 cm³/mol. The van der Waals surface area contributed by atoms with Gasteiger partial charge in [-0.15, -0.1) is 0 Å². The summed E-state index contributed by atoms with van der Waals surface area (Å²) < 4.78 is 0. The Bertz CT molecular complexity index is 383. The van der Waals surface area contributed by atoms with E-state index in [1.807, 2.05) is 6.08 Å². The fraction of sp³-hybridized carbons (Fsp3) is 0.643. The molecule has 3 aliphatic rings. The Morgan fingerprint density at radius 2 is 2.06 bits per heavy atom. The first-order valence-corrected chi connectivity index (χ1v) is 6.99. The van der Waals surface area contributed by atoms with E-state index in [1.165, 1.54) is 0 Å². The molecule has 2 N–H and O–H groups in total. The van der Waals surface area contributed by atoms with Gasteiger partial charge in [0.05, 0.1) is 0 Å². The molecule has 2 amide bonds. The van der Waals surface area contributed by atoms with E-state index in [-0.39, 0.29) is 6.03 Å². The van der Waals surface area contributed by atoms with E-state index < -0.39 is 0 Å². The lowest BCUT2D eigenvalue weighted by molar-refractivity contribution is 0.163. The number of allylic oxidation sites excluding steroid dienone is 4. The minimum atomic E-state index is 0.103.